The zero-order chi connectivity index (χ0) is 11.3. The predicted octanol–water partition coefficient (Wildman–Crippen LogP) is 3.01. The Bertz CT molecular complexity index is 408. The molecule has 16 heavy (non-hydrogen) atoms. The van der Waals surface area contributed by atoms with Gasteiger partial charge in [-0.2, -0.15) is 0 Å². The normalized spacial score (nSPS) is 33.6. The molecule has 3 rings (SSSR count). The molecule has 0 spiro atoms. The van der Waals surface area contributed by atoms with Crippen molar-refractivity contribution >= 4 is 0 Å². The minimum atomic E-state index is -0.405. The van der Waals surface area contributed by atoms with Crippen LogP contribution >= 0.6 is 0 Å². The Labute approximate surface area is 93.6 Å². The maximum absolute atomic E-state index is 13.5. The van der Waals surface area contributed by atoms with Gasteiger partial charge in [-0.3, -0.25) is 0 Å². The second-order valence-electron chi connectivity index (χ2n) is 5.03. The molecule has 0 aromatic heterocycles. The van der Waals surface area contributed by atoms with Crippen molar-refractivity contribution in [1.29, 1.82) is 0 Å². The molecule has 1 nitrogen and oxygen atoms in total. The van der Waals surface area contributed by atoms with Crippen molar-refractivity contribution < 1.29 is 8.78 Å². The lowest BCUT2D eigenvalue weighted by atomic mass is 9.97. The van der Waals surface area contributed by atoms with E-state index in [0.717, 1.165) is 6.07 Å². The van der Waals surface area contributed by atoms with Crippen molar-refractivity contribution in [2.45, 2.75) is 25.3 Å². The Balaban J connectivity index is 1.84. The molecular weight excluding hydrogens is 208 g/mol. The zero-order valence-electron chi connectivity index (χ0n) is 9.00. The molecule has 3 unspecified atom stereocenters. The van der Waals surface area contributed by atoms with Crippen LogP contribution in [0.3, 0.4) is 0 Å². The maximum atomic E-state index is 13.5. The van der Waals surface area contributed by atoms with Crippen molar-refractivity contribution in [2.75, 3.05) is 0 Å². The summed E-state index contributed by atoms with van der Waals surface area (Å²) in [7, 11) is 0. The number of hydrogen-bond donors (Lipinski definition) is 1. The molecule has 2 aliphatic rings. The molecule has 3 heteroatoms. The van der Waals surface area contributed by atoms with Gasteiger partial charge in [0.25, 0.3) is 0 Å². The lowest BCUT2D eigenvalue weighted by Crippen LogP contribution is -2.17. The third-order valence-corrected chi connectivity index (χ3v) is 4.20. The van der Waals surface area contributed by atoms with Crippen molar-refractivity contribution in [3.05, 3.63) is 35.4 Å². The molecule has 0 bridgehead atoms. The van der Waals surface area contributed by atoms with Crippen LogP contribution in [0.15, 0.2) is 18.2 Å². The van der Waals surface area contributed by atoms with Gasteiger partial charge in [-0.15, -0.1) is 0 Å². The van der Waals surface area contributed by atoms with Gasteiger partial charge in [0.15, 0.2) is 0 Å². The Morgan fingerprint density at radius 1 is 1.19 bits per heavy atom. The van der Waals surface area contributed by atoms with Gasteiger partial charge < -0.3 is 5.73 Å². The lowest BCUT2D eigenvalue weighted by Gasteiger charge is -2.15. The van der Waals surface area contributed by atoms with E-state index in [1.807, 2.05) is 0 Å². The van der Waals surface area contributed by atoms with Gasteiger partial charge >= 0.3 is 0 Å². The number of nitrogens with two attached hydrogens (primary N) is 1. The summed E-state index contributed by atoms with van der Waals surface area (Å²) < 4.78 is 26.6. The minimum Gasteiger partial charge on any atom is -0.324 e. The van der Waals surface area contributed by atoms with Crippen LogP contribution < -0.4 is 5.73 Å². The first kappa shape index (κ1) is 10.2. The highest BCUT2D eigenvalue weighted by Crippen LogP contribution is 2.61. The van der Waals surface area contributed by atoms with E-state index >= 15 is 0 Å². The van der Waals surface area contributed by atoms with Crippen LogP contribution in [0.1, 0.15) is 30.9 Å². The number of fused-ring (bicyclic) bond motifs is 1. The summed E-state index contributed by atoms with van der Waals surface area (Å²) in [6.45, 7) is 0. The molecule has 0 aliphatic heterocycles. The zero-order valence-corrected chi connectivity index (χ0v) is 9.00. The first-order valence-electron chi connectivity index (χ1n) is 5.89. The standard InChI is InChI=1S/C13H15F2N/c14-7-4-5-11(15)10(6-7)13(16)12-8-2-1-3-9(8)12/h4-6,8-9,12-13H,1-3,16H2. The third kappa shape index (κ3) is 1.46. The molecule has 3 atom stereocenters. The average Bonchev–Trinajstić information content (AvgIpc) is 2.74. The summed E-state index contributed by atoms with van der Waals surface area (Å²) in [6.07, 6.45) is 3.68. The number of halogens is 2. The highest BCUT2D eigenvalue weighted by molar-refractivity contribution is 5.25. The van der Waals surface area contributed by atoms with Crippen molar-refractivity contribution in [3.63, 3.8) is 0 Å². The molecule has 0 heterocycles. The molecule has 1 aromatic carbocycles. The number of hydrogen-bond acceptors (Lipinski definition) is 1. The Hall–Kier alpha value is -0.960. The van der Waals surface area contributed by atoms with Gasteiger partial charge in [0, 0.05) is 11.6 Å². The first-order chi connectivity index (χ1) is 7.68. The Morgan fingerprint density at radius 2 is 1.88 bits per heavy atom. The quantitative estimate of drug-likeness (QED) is 0.819. The van der Waals surface area contributed by atoms with Gasteiger partial charge in [-0.1, -0.05) is 6.42 Å². The third-order valence-electron chi connectivity index (χ3n) is 4.20. The van der Waals surface area contributed by atoms with Crippen molar-refractivity contribution in [3.8, 4) is 0 Å². The molecule has 2 fully saturated rings. The second-order valence-corrected chi connectivity index (χ2v) is 5.03. The average molecular weight is 223 g/mol. The van der Waals surface area contributed by atoms with Gasteiger partial charge in [0.1, 0.15) is 11.6 Å². The van der Waals surface area contributed by atoms with E-state index in [1.54, 1.807) is 0 Å². The van der Waals surface area contributed by atoms with Gasteiger partial charge in [-0.05, 0) is 48.8 Å². The predicted molar refractivity (Wildman–Crippen MR) is 57.6 cm³/mol. The number of rotatable bonds is 2. The fraction of sp³-hybridized carbons (Fsp3) is 0.538. The molecule has 86 valence electrons. The molecule has 0 saturated heterocycles. The second kappa shape index (κ2) is 3.52. The summed E-state index contributed by atoms with van der Waals surface area (Å²) in [4.78, 5) is 0. The molecule has 0 radical (unpaired) electrons. The van der Waals surface area contributed by atoms with Crippen molar-refractivity contribution in [2.24, 2.45) is 23.5 Å². The Morgan fingerprint density at radius 3 is 2.56 bits per heavy atom. The molecule has 2 saturated carbocycles. The summed E-state index contributed by atoms with van der Waals surface area (Å²) in [5.41, 5.74) is 6.40. The van der Waals surface area contributed by atoms with Gasteiger partial charge in [0.2, 0.25) is 0 Å². The Kier molecular flexibility index (Phi) is 2.25. The van der Waals surface area contributed by atoms with E-state index in [4.69, 9.17) is 5.73 Å². The fourth-order valence-electron chi connectivity index (χ4n) is 3.39. The molecular formula is C13H15F2N. The highest BCUT2D eigenvalue weighted by Gasteiger charge is 2.55. The number of benzene rings is 1. The van der Waals surface area contributed by atoms with Crippen LogP contribution in [0.2, 0.25) is 0 Å². The SMILES string of the molecule is NC(c1cc(F)ccc1F)C1C2CCCC21. The minimum absolute atomic E-state index is 0.328. The smallest absolute Gasteiger partial charge is 0.128 e. The lowest BCUT2D eigenvalue weighted by molar-refractivity contribution is 0.475. The monoisotopic (exact) mass is 223 g/mol. The fourth-order valence-corrected chi connectivity index (χ4v) is 3.39. The molecule has 0 amide bonds. The van der Waals surface area contributed by atoms with Crippen molar-refractivity contribution in [1.82, 2.24) is 0 Å². The van der Waals surface area contributed by atoms with Gasteiger partial charge in [-0.25, -0.2) is 8.78 Å². The van der Waals surface area contributed by atoms with E-state index in [0.29, 0.717) is 23.3 Å². The largest absolute Gasteiger partial charge is 0.324 e. The van der Waals surface area contributed by atoms with E-state index in [9.17, 15) is 8.78 Å². The molecule has 2 N–H and O–H groups in total. The topological polar surface area (TPSA) is 26.0 Å². The molecule has 1 aromatic rings. The van der Waals surface area contributed by atoms with Gasteiger partial charge in [0.05, 0.1) is 0 Å². The van der Waals surface area contributed by atoms with E-state index in [1.165, 1.54) is 31.4 Å². The van der Waals surface area contributed by atoms with Crippen LogP contribution in [0, 0.1) is 29.4 Å². The maximum Gasteiger partial charge on any atom is 0.128 e. The van der Waals surface area contributed by atoms with E-state index < -0.39 is 5.82 Å². The van der Waals surface area contributed by atoms with E-state index in [2.05, 4.69) is 0 Å². The summed E-state index contributed by atoms with van der Waals surface area (Å²) in [5.74, 6) is 0.928. The first-order valence-corrected chi connectivity index (χ1v) is 5.89. The summed E-state index contributed by atoms with van der Waals surface area (Å²) in [6, 6.07) is 3.22. The van der Waals surface area contributed by atoms with Crippen LogP contribution in [0.25, 0.3) is 0 Å². The highest BCUT2D eigenvalue weighted by atomic mass is 19.1. The summed E-state index contributed by atoms with van der Waals surface area (Å²) >= 11 is 0. The van der Waals surface area contributed by atoms with Crippen LogP contribution in [0.4, 0.5) is 8.78 Å². The van der Waals surface area contributed by atoms with E-state index in [-0.39, 0.29) is 11.9 Å². The molecule has 2 aliphatic carbocycles. The van der Waals surface area contributed by atoms with Crippen LogP contribution in [-0.2, 0) is 0 Å². The van der Waals surface area contributed by atoms with Crippen LogP contribution in [-0.4, -0.2) is 0 Å². The summed E-state index contributed by atoms with van der Waals surface area (Å²) in [5, 5.41) is 0. The van der Waals surface area contributed by atoms with Crippen LogP contribution in [0.5, 0.6) is 0 Å².